The number of nitrogens with zero attached hydrogens (tertiary/aromatic N) is 1. The van der Waals surface area contributed by atoms with Crippen molar-refractivity contribution in [3.63, 3.8) is 0 Å². The zero-order chi connectivity index (χ0) is 13.4. The van der Waals surface area contributed by atoms with E-state index in [1.165, 1.54) is 50.0 Å². The van der Waals surface area contributed by atoms with Gasteiger partial charge in [0.15, 0.2) is 0 Å². The van der Waals surface area contributed by atoms with Gasteiger partial charge in [0.05, 0.1) is 0 Å². The van der Waals surface area contributed by atoms with Crippen molar-refractivity contribution in [2.75, 3.05) is 18.0 Å². The summed E-state index contributed by atoms with van der Waals surface area (Å²) in [5, 5.41) is 0. The molecule has 2 fully saturated rings. The molecular formula is C16H22N2S. The van der Waals surface area contributed by atoms with Gasteiger partial charge in [-0.2, -0.15) is 0 Å². The number of anilines is 1. The number of nitrogens with two attached hydrogens (primary N) is 1. The molecule has 2 aliphatic rings. The molecule has 2 N–H and O–H groups in total. The zero-order valence-corrected chi connectivity index (χ0v) is 12.4. The fourth-order valence-corrected chi connectivity index (χ4v) is 2.78. The maximum atomic E-state index is 5.90. The van der Waals surface area contributed by atoms with Gasteiger partial charge in [-0.1, -0.05) is 18.3 Å². The highest BCUT2D eigenvalue weighted by Crippen LogP contribution is 2.36. The summed E-state index contributed by atoms with van der Waals surface area (Å²) in [4.78, 5) is 3.06. The molecule has 0 aliphatic heterocycles. The molecule has 0 bridgehead atoms. The van der Waals surface area contributed by atoms with Gasteiger partial charge in [0, 0.05) is 24.3 Å². The minimum atomic E-state index is 0.520. The van der Waals surface area contributed by atoms with Crippen LogP contribution < -0.4 is 10.6 Å². The number of aryl methyl sites for hydroxylation is 1. The molecule has 1 aromatic carbocycles. The Kier molecular flexibility index (Phi) is 3.48. The molecule has 3 heteroatoms. The normalized spacial score (nSPS) is 18.4. The topological polar surface area (TPSA) is 29.3 Å². The highest BCUT2D eigenvalue weighted by atomic mass is 32.1. The van der Waals surface area contributed by atoms with Crippen molar-refractivity contribution in [3.05, 3.63) is 29.3 Å². The summed E-state index contributed by atoms with van der Waals surface area (Å²) in [7, 11) is 0. The smallest absolute Gasteiger partial charge is 0.106 e. The average Bonchev–Trinajstić information content (AvgIpc) is 3.22. The van der Waals surface area contributed by atoms with Crippen LogP contribution in [0.4, 0.5) is 5.69 Å². The van der Waals surface area contributed by atoms with E-state index in [4.69, 9.17) is 18.0 Å². The van der Waals surface area contributed by atoms with Gasteiger partial charge in [0.1, 0.15) is 4.99 Å². The van der Waals surface area contributed by atoms with Crippen LogP contribution in [0.25, 0.3) is 0 Å². The molecule has 0 atom stereocenters. The van der Waals surface area contributed by atoms with Gasteiger partial charge in [0.25, 0.3) is 0 Å². The lowest BCUT2D eigenvalue weighted by molar-refractivity contribution is 0.679. The largest absolute Gasteiger partial charge is 0.389 e. The molecule has 19 heavy (non-hydrogen) atoms. The summed E-state index contributed by atoms with van der Waals surface area (Å²) in [5.41, 5.74) is 9.48. The van der Waals surface area contributed by atoms with Crippen LogP contribution >= 0.6 is 12.2 Å². The van der Waals surface area contributed by atoms with Crippen LogP contribution in [0.15, 0.2) is 18.2 Å². The fourth-order valence-electron chi connectivity index (χ4n) is 2.61. The Morgan fingerprint density at radius 2 is 1.79 bits per heavy atom. The molecule has 2 aliphatic carbocycles. The Morgan fingerprint density at radius 1 is 1.21 bits per heavy atom. The Balaban J connectivity index is 1.89. The SMILES string of the molecule is Cc1ccc(C(N)=S)c(N(CC2CC2)CC2CC2)c1. The molecule has 3 rings (SSSR count). The summed E-state index contributed by atoms with van der Waals surface area (Å²) < 4.78 is 0. The van der Waals surface area contributed by atoms with Gasteiger partial charge in [-0.15, -0.1) is 0 Å². The highest BCUT2D eigenvalue weighted by Gasteiger charge is 2.30. The van der Waals surface area contributed by atoms with Gasteiger partial charge in [-0.3, -0.25) is 0 Å². The number of hydrogen-bond donors (Lipinski definition) is 1. The number of benzene rings is 1. The summed E-state index contributed by atoms with van der Waals surface area (Å²) in [6.07, 6.45) is 5.54. The van der Waals surface area contributed by atoms with Crippen LogP contribution in [0.3, 0.4) is 0 Å². The minimum absolute atomic E-state index is 0.520. The van der Waals surface area contributed by atoms with E-state index in [0.29, 0.717) is 4.99 Å². The molecule has 0 radical (unpaired) electrons. The first-order chi connectivity index (χ1) is 9.13. The maximum absolute atomic E-state index is 5.90. The van der Waals surface area contributed by atoms with Crippen molar-refractivity contribution < 1.29 is 0 Å². The summed E-state index contributed by atoms with van der Waals surface area (Å²) >= 11 is 5.22. The minimum Gasteiger partial charge on any atom is -0.389 e. The Labute approximate surface area is 121 Å². The third-order valence-electron chi connectivity index (χ3n) is 4.11. The first-order valence-corrected chi connectivity index (χ1v) is 7.69. The van der Waals surface area contributed by atoms with Gasteiger partial charge in [0.2, 0.25) is 0 Å². The van der Waals surface area contributed by atoms with Crippen molar-refractivity contribution in [2.24, 2.45) is 17.6 Å². The van der Waals surface area contributed by atoms with E-state index in [9.17, 15) is 0 Å². The van der Waals surface area contributed by atoms with E-state index < -0.39 is 0 Å². The monoisotopic (exact) mass is 274 g/mol. The third-order valence-corrected chi connectivity index (χ3v) is 4.33. The van der Waals surface area contributed by atoms with Gasteiger partial charge >= 0.3 is 0 Å². The predicted molar refractivity (Wildman–Crippen MR) is 84.7 cm³/mol. The van der Waals surface area contributed by atoms with Crippen LogP contribution in [0.5, 0.6) is 0 Å². The second-order valence-electron chi connectivity index (χ2n) is 6.18. The van der Waals surface area contributed by atoms with E-state index in [1.54, 1.807) is 0 Å². The Hall–Kier alpha value is -1.09. The second kappa shape index (κ2) is 5.12. The first kappa shape index (κ1) is 12.9. The summed E-state index contributed by atoms with van der Waals surface area (Å²) in [5.74, 6) is 1.77. The standard InChI is InChI=1S/C16H22N2S/c1-11-2-7-14(16(17)19)15(8-11)18(9-12-3-4-12)10-13-5-6-13/h2,7-8,12-13H,3-6,9-10H2,1H3,(H2,17,19). The van der Waals surface area contributed by atoms with Crippen molar-refractivity contribution in [1.29, 1.82) is 0 Å². The lowest BCUT2D eigenvalue weighted by Gasteiger charge is -2.27. The van der Waals surface area contributed by atoms with Gasteiger partial charge < -0.3 is 10.6 Å². The molecule has 0 saturated heterocycles. The molecule has 0 heterocycles. The molecule has 2 saturated carbocycles. The molecule has 0 spiro atoms. The van der Waals surface area contributed by atoms with Gasteiger partial charge in [-0.25, -0.2) is 0 Å². The van der Waals surface area contributed by atoms with Gasteiger partial charge in [-0.05, 0) is 62.1 Å². The number of thiocarbonyl (C=S) groups is 1. The Bertz CT molecular complexity index is 476. The summed E-state index contributed by atoms with van der Waals surface area (Å²) in [6, 6.07) is 6.43. The van der Waals surface area contributed by atoms with E-state index >= 15 is 0 Å². The van der Waals surface area contributed by atoms with Crippen LogP contribution in [-0.2, 0) is 0 Å². The quantitative estimate of drug-likeness (QED) is 0.807. The molecule has 102 valence electrons. The fraction of sp³-hybridized carbons (Fsp3) is 0.562. The second-order valence-corrected chi connectivity index (χ2v) is 6.62. The zero-order valence-electron chi connectivity index (χ0n) is 11.6. The lowest BCUT2D eigenvalue weighted by atomic mass is 10.1. The molecule has 2 nitrogen and oxygen atoms in total. The number of rotatable bonds is 6. The first-order valence-electron chi connectivity index (χ1n) is 7.29. The van der Waals surface area contributed by atoms with E-state index in [-0.39, 0.29) is 0 Å². The highest BCUT2D eigenvalue weighted by molar-refractivity contribution is 7.80. The van der Waals surface area contributed by atoms with Crippen molar-refractivity contribution >= 4 is 22.9 Å². The maximum Gasteiger partial charge on any atom is 0.106 e. The summed E-state index contributed by atoms with van der Waals surface area (Å²) in [6.45, 7) is 4.49. The number of hydrogen-bond acceptors (Lipinski definition) is 2. The molecule has 0 amide bonds. The third kappa shape index (κ3) is 3.27. The Morgan fingerprint density at radius 3 is 2.26 bits per heavy atom. The molecule has 1 aromatic rings. The van der Waals surface area contributed by atoms with Crippen LogP contribution in [0.1, 0.15) is 36.8 Å². The predicted octanol–water partition coefficient (Wildman–Crippen LogP) is 3.26. The van der Waals surface area contributed by atoms with Crippen LogP contribution in [0.2, 0.25) is 0 Å². The van der Waals surface area contributed by atoms with E-state index in [2.05, 4.69) is 30.0 Å². The molecule has 0 aromatic heterocycles. The van der Waals surface area contributed by atoms with Crippen molar-refractivity contribution in [2.45, 2.75) is 32.6 Å². The molecular weight excluding hydrogens is 252 g/mol. The lowest BCUT2D eigenvalue weighted by Crippen LogP contribution is -2.30. The van der Waals surface area contributed by atoms with E-state index in [0.717, 1.165) is 17.4 Å². The van der Waals surface area contributed by atoms with Crippen LogP contribution in [-0.4, -0.2) is 18.1 Å². The molecule has 0 unspecified atom stereocenters. The van der Waals surface area contributed by atoms with Crippen molar-refractivity contribution in [1.82, 2.24) is 0 Å². The van der Waals surface area contributed by atoms with E-state index in [1.807, 2.05) is 0 Å². The van der Waals surface area contributed by atoms with Crippen LogP contribution in [0, 0.1) is 18.8 Å². The van der Waals surface area contributed by atoms with Crippen molar-refractivity contribution in [3.8, 4) is 0 Å². The average molecular weight is 274 g/mol.